The first-order valence-corrected chi connectivity index (χ1v) is 10.8. The Morgan fingerprint density at radius 2 is 1.97 bits per heavy atom. The zero-order valence-electron chi connectivity index (χ0n) is 17.4. The van der Waals surface area contributed by atoms with Crippen LogP contribution in [0.15, 0.2) is 64.6 Å². The van der Waals surface area contributed by atoms with Gasteiger partial charge in [0.2, 0.25) is 0 Å². The van der Waals surface area contributed by atoms with Crippen molar-refractivity contribution in [3.05, 3.63) is 65.9 Å². The maximum atomic E-state index is 9.64. The van der Waals surface area contributed by atoms with Gasteiger partial charge >= 0.3 is 0 Å². The van der Waals surface area contributed by atoms with Crippen molar-refractivity contribution < 1.29 is 14.4 Å². The van der Waals surface area contributed by atoms with Crippen LogP contribution in [0.5, 0.6) is 0 Å². The van der Waals surface area contributed by atoms with Gasteiger partial charge in [-0.3, -0.25) is 4.90 Å². The van der Waals surface area contributed by atoms with Crippen LogP contribution in [0, 0.1) is 0 Å². The van der Waals surface area contributed by atoms with Crippen LogP contribution in [0.3, 0.4) is 0 Å². The molecule has 4 heterocycles. The molecule has 0 radical (unpaired) electrons. The van der Waals surface area contributed by atoms with Crippen LogP contribution in [-0.2, 0) is 11.2 Å². The molecule has 1 aromatic carbocycles. The Bertz CT molecular complexity index is 1250. The molecule has 7 nitrogen and oxygen atoms in total. The molecule has 0 bridgehead atoms. The molecular weight excluding hydrogens is 392 g/mol. The molecule has 0 atom stereocenters. The molecule has 0 aliphatic carbocycles. The van der Waals surface area contributed by atoms with E-state index in [2.05, 4.69) is 27.2 Å². The Kier molecular flexibility index (Phi) is 5.69. The maximum Gasteiger partial charge on any atom is 0.155 e. The maximum absolute atomic E-state index is 9.64. The fourth-order valence-corrected chi connectivity index (χ4v) is 4.14. The topological polar surface area (TPSA) is 75.5 Å². The average Bonchev–Trinajstić information content (AvgIpc) is 3.30. The Morgan fingerprint density at radius 1 is 1.06 bits per heavy atom. The Labute approximate surface area is 180 Å². The highest BCUT2D eigenvalue weighted by atomic mass is 16.5. The SMILES string of the molecule is ON=c1cc(-c2cc3cccn3cn2)oc2ccc(CCCCN3CCOCC3)cc12. The third-order valence-electron chi connectivity index (χ3n) is 5.88. The van der Waals surface area contributed by atoms with Gasteiger partial charge < -0.3 is 18.8 Å². The van der Waals surface area contributed by atoms with Crippen LogP contribution in [0.1, 0.15) is 18.4 Å². The van der Waals surface area contributed by atoms with Gasteiger partial charge in [-0.2, -0.15) is 0 Å². The number of rotatable bonds is 6. The molecule has 160 valence electrons. The van der Waals surface area contributed by atoms with Crippen LogP contribution in [0.2, 0.25) is 0 Å². The summed E-state index contributed by atoms with van der Waals surface area (Å²) in [4.78, 5) is 6.94. The van der Waals surface area contributed by atoms with Crippen LogP contribution in [0.4, 0.5) is 0 Å². The zero-order valence-corrected chi connectivity index (χ0v) is 17.4. The van der Waals surface area contributed by atoms with Gasteiger partial charge in [-0.25, -0.2) is 4.98 Å². The van der Waals surface area contributed by atoms with Crippen molar-refractivity contribution in [1.82, 2.24) is 14.3 Å². The monoisotopic (exact) mass is 418 g/mol. The molecule has 1 saturated heterocycles. The normalized spacial score (nSPS) is 15.8. The molecule has 4 aromatic rings. The number of nitrogens with zero attached hydrogens (tertiary/aromatic N) is 4. The van der Waals surface area contributed by atoms with Gasteiger partial charge in [-0.1, -0.05) is 11.2 Å². The lowest BCUT2D eigenvalue weighted by molar-refractivity contribution is 0.0372. The van der Waals surface area contributed by atoms with Gasteiger partial charge in [0, 0.05) is 36.3 Å². The number of benzene rings is 1. The van der Waals surface area contributed by atoms with Gasteiger partial charge in [-0.05, 0) is 61.7 Å². The molecule has 31 heavy (non-hydrogen) atoms. The van der Waals surface area contributed by atoms with Crippen LogP contribution in [-0.4, -0.2) is 52.3 Å². The molecule has 1 aliphatic rings. The van der Waals surface area contributed by atoms with Crippen molar-refractivity contribution >= 4 is 16.5 Å². The molecule has 1 N–H and O–H groups in total. The standard InChI is InChI=1S/C24H26N4O3/c29-26-21-16-24(22-15-19-5-3-9-28(19)17-25-22)31-23-7-6-18(14-20(21)23)4-1-2-8-27-10-12-30-13-11-27/h3,5-7,9,14-17,29H,1-2,4,8,10-13H2. The number of ether oxygens (including phenoxy) is 1. The molecule has 7 heteroatoms. The van der Waals surface area contributed by atoms with E-state index in [1.807, 2.05) is 34.9 Å². The van der Waals surface area contributed by atoms with E-state index in [-0.39, 0.29) is 0 Å². The fourth-order valence-electron chi connectivity index (χ4n) is 4.14. The van der Waals surface area contributed by atoms with Crippen molar-refractivity contribution in [3.63, 3.8) is 0 Å². The summed E-state index contributed by atoms with van der Waals surface area (Å²) < 4.78 is 13.5. The predicted molar refractivity (Wildman–Crippen MR) is 118 cm³/mol. The van der Waals surface area contributed by atoms with Crippen molar-refractivity contribution in [2.75, 3.05) is 32.8 Å². The van der Waals surface area contributed by atoms with E-state index in [4.69, 9.17) is 9.15 Å². The summed E-state index contributed by atoms with van der Waals surface area (Å²) in [6, 6.07) is 13.8. The summed E-state index contributed by atoms with van der Waals surface area (Å²) in [5.74, 6) is 0.572. The minimum absolute atomic E-state index is 0.489. The van der Waals surface area contributed by atoms with E-state index in [1.54, 1.807) is 12.4 Å². The highest BCUT2D eigenvalue weighted by molar-refractivity contribution is 5.79. The van der Waals surface area contributed by atoms with E-state index in [0.717, 1.165) is 63.0 Å². The minimum Gasteiger partial charge on any atom is -0.454 e. The summed E-state index contributed by atoms with van der Waals surface area (Å²) in [6.45, 7) is 4.88. The lowest BCUT2D eigenvalue weighted by Crippen LogP contribution is -2.36. The third-order valence-corrected chi connectivity index (χ3v) is 5.88. The zero-order chi connectivity index (χ0) is 21.0. The van der Waals surface area contributed by atoms with Gasteiger partial charge in [-0.15, -0.1) is 0 Å². The number of hydrogen-bond acceptors (Lipinski definition) is 6. The van der Waals surface area contributed by atoms with Crippen LogP contribution < -0.4 is 5.36 Å². The molecule has 0 amide bonds. The summed E-state index contributed by atoms with van der Waals surface area (Å²) >= 11 is 0. The second-order valence-electron chi connectivity index (χ2n) is 7.95. The molecule has 0 unspecified atom stereocenters. The van der Waals surface area contributed by atoms with Crippen molar-refractivity contribution in [1.29, 1.82) is 0 Å². The Morgan fingerprint density at radius 3 is 2.84 bits per heavy atom. The minimum atomic E-state index is 0.489. The first-order valence-electron chi connectivity index (χ1n) is 10.8. The highest BCUT2D eigenvalue weighted by Crippen LogP contribution is 2.23. The van der Waals surface area contributed by atoms with E-state index in [0.29, 0.717) is 22.4 Å². The second kappa shape index (κ2) is 8.91. The van der Waals surface area contributed by atoms with Crippen molar-refractivity contribution in [2.24, 2.45) is 5.16 Å². The summed E-state index contributed by atoms with van der Waals surface area (Å²) in [6.07, 6.45) is 6.96. The third kappa shape index (κ3) is 4.33. The molecule has 3 aromatic heterocycles. The molecule has 5 rings (SSSR count). The molecular formula is C24H26N4O3. The van der Waals surface area contributed by atoms with Crippen molar-refractivity contribution in [3.8, 4) is 11.5 Å². The first kappa shape index (κ1) is 19.8. The van der Waals surface area contributed by atoms with E-state index >= 15 is 0 Å². The molecule has 1 fully saturated rings. The second-order valence-corrected chi connectivity index (χ2v) is 7.95. The first-order chi connectivity index (χ1) is 15.3. The van der Waals surface area contributed by atoms with E-state index in [9.17, 15) is 5.21 Å². The number of aryl methyl sites for hydroxylation is 1. The van der Waals surface area contributed by atoms with Crippen LogP contribution >= 0.6 is 0 Å². The van der Waals surface area contributed by atoms with E-state index < -0.39 is 0 Å². The van der Waals surface area contributed by atoms with E-state index in [1.165, 1.54) is 5.56 Å². The number of hydrogen-bond donors (Lipinski definition) is 1. The molecule has 0 saturated carbocycles. The number of fused-ring (bicyclic) bond motifs is 2. The Balaban J connectivity index is 1.34. The number of unbranched alkanes of at least 4 members (excludes halogenated alkanes) is 1. The summed E-state index contributed by atoms with van der Waals surface area (Å²) in [5, 5.41) is 14.5. The largest absolute Gasteiger partial charge is 0.454 e. The van der Waals surface area contributed by atoms with Gasteiger partial charge in [0.05, 0.1) is 19.5 Å². The predicted octanol–water partition coefficient (Wildman–Crippen LogP) is 3.69. The van der Waals surface area contributed by atoms with Gasteiger partial charge in [0.25, 0.3) is 0 Å². The summed E-state index contributed by atoms with van der Waals surface area (Å²) in [5.41, 5.74) is 3.62. The average molecular weight is 418 g/mol. The highest BCUT2D eigenvalue weighted by Gasteiger charge is 2.11. The quantitative estimate of drug-likeness (QED) is 0.294. The smallest absolute Gasteiger partial charge is 0.155 e. The number of morpholine rings is 1. The summed E-state index contributed by atoms with van der Waals surface area (Å²) in [7, 11) is 0. The molecule has 1 aliphatic heterocycles. The van der Waals surface area contributed by atoms with Gasteiger partial charge in [0.1, 0.15) is 16.6 Å². The van der Waals surface area contributed by atoms with Crippen LogP contribution in [0.25, 0.3) is 27.9 Å². The lowest BCUT2D eigenvalue weighted by Gasteiger charge is -2.26. The molecule has 0 spiro atoms. The fraction of sp³-hybridized carbons (Fsp3) is 0.333. The van der Waals surface area contributed by atoms with Gasteiger partial charge in [0.15, 0.2) is 5.76 Å². The lowest BCUT2D eigenvalue weighted by atomic mass is 10.0. The number of aromatic nitrogens is 2. The van der Waals surface area contributed by atoms with Crippen molar-refractivity contribution in [2.45, 2.75) is 19.3 Å². The Hall–Kier alpha value is -3.16.